The number of amides is 1. The average molecular weight is 277 g/mol. The fraction of sp³-hybridized carbons (Fsp3) is 0.588. The smallest absolute Gasteiger partial charge is 0.227 e. The maximum Gasteiger partial charge on any atom is 0.227 e. The third kappa shape index (κ3) is 3.81. The van der Waals surface area contributed by atoms with E-state index in [1.54, 1.807) is 0 Å². The van der Waals surface area contributed by atoms with Crippen molar-refractivity contribution in [3.63, 3.8) is 0 Å². The Bertz CT molecular complexity index is 461. The Labute approximate surface area is 121 Å². The average Bonchev–Trinajstić information content (AvgIpc) is 2.40. The molecular weight excluding hydrogens is 253 g/mol. The molecule has 0 aliphatic carbocycles. The SMILES string of the molecule is CC(C)(C)C(=O)N1CCCC(Cc2ccc(F)cc2)C1. The van der Waals surface area contributed by atoms with E-state index in [0.29, 0.717) is 5.92 Å². The Kier molecular flexibility index (Phi) is 4.46. The first-order valence-corrected chi connectivity index (χ1v) is 7.40. The number of rotatable bonds is 2. The van der Waals surface area contributed by atoms with Gasteiger partial charge >= 0.3 is 0 Å². The van der Waals surface area contributed by atoms with Crippen molar-refractivity contribution >= 4 is 5.91 Å². The molecule has 1 unspecified atom stereocenters. The van der Waals surface area contributed by atoms with Crippen LogP contribution in [0.2, 0.25) is 0 Å². The van der Waals surface area contributed by atoms with Gasteiger partial charge in [0.2, 0.25) is 5.91 Å². The summed E-state index contributed by atoms with van der Waals surface area (Å²) in [6.45, 7) is 7.61. The highest BCUT2D eigenvalue weighted by atomic mass is 19.1. The van der Waals surface area contributed by atoms with E-state index >= 15 is 0 Å². The van der Waals surface area contributed by atoms with E-state index in [2.05, 4.69) is 0 Å². The van der Waals surface area contributed by atoms with E-state index in [0.717, 1.165) is 37.9 Å². The van der Waals surface area contributed by atoms with E-state index in [4.69, 9.17) is 0 Å². The Morgan fingerprint density at radius 3 is 2.55 bits per heavy atom. The molecule has 0 N–H and O–H groups in total. The number of carbonyl (C=O) groups excluding carboxylic acids is 1. The zero-order valence-corrected chi connectivity index (χ0v) is 12.7. The summed E-state index contributed by atoms with van der Waals surface area (Å²) < 4.78 is 12.9. The third-order valence-corrected chi connectivity index (χ3v) is 3.89. The highest BCUT2D eigenvalue weighted by Crippen LogP contribution is 2.25. The summed E-state index contributed by atoms with van der Waals surface area (Å²) in [7, 11) is 0. The van der Waals surface area contributed by atoms with Gasteiger partial charge in [-0.1, -0.05) is 32.9 Å². The zero-order valence-electron chi connectivity index (χ0n) is 12.7. The summed E-state index contributed by atoms with van der Waals surface area (Å²) in [5.41, 5.74) is 0.846. The van der Waals surface area contributed by atoms with Crippen LogP contribution in [0.1, 0.15) is 39.2 Å². The molecule has 1 aliphatic heterocycles. The number of hydrogen-bond donors (Lipinski definition) is 0. The predicted octanol–water partition coefficient (Wildman–Crippen LogP) is 3.65. The molecule has 0 spiro atoms. The molecule has 1 heterocycles. The minimum absolute atomic E-state index is 0.193. The van der Waals surface area contributed by atoms with Crippen LogP contribution in [0.5, 0.6) is 0 Å². The molecule has 2 rings (SSSR count). The van der Waals surface area contributed by atoms with E-state index in [9.17, 15) is 9.18 Å². The van der Waals surface area contributed by atoms with Crippen LogP contribution in [-0.2, 0) is 11.2 Å². The van der Waals surface area contributed by atoms with Crippen molar-refractivity contribution in [1.82, 2.24) is 4.90 Å². The summed E-state index contributed by atoms with van der Waals surface area (Å²) in [6, 6.07) is 6.71. The van der Waals surface area contributed by atoms with Crippen molar-refractivity contribution < 1.29 is 9.18 Å². The second kappa shape index (κ2) is 5.94. The summed E-state index contributed by atoms with van der Waals surface area (Å²) in [4.78, 5) is 14.3. The standard InChI is InChI=1S/C17H24FNO/c1-17(2,3)16(20)19-10-4-5-14(12-19)11-13-6-8-15(18)9-7-13/h6-9,14H,4-5,10-12H2,1-3H3. The van der Waals surface area contributed by atoms with Crippen LogP contribution in [0.4, 0.5) is 4.39 Å². The van der Waals surface area contributed by atoms with E-state index < -0.39 is 0 Å². The van der Waals surface area contributed by atoms with Gasteiger partial charge in [-0.2, -0.15) is 0 Å². The summed E-state index contributed by atoms with van der Waals surface area (Å²) in [5.74, 6) is 0.531. The van der Waals surface area contributed by atoms with Crippen molar-refractivity contribution in [2.75, 3.05) is 13.1 Å². The fourth-order valence-corrected chi connectivity index (χ4v) is 2.84. The first-order chi connectivity index (χ1) is 9.36. The van der Waals surface area contributed by atoms with Crippen molar-refractivity contribution in [3.05, 3.63) is 35.6 Å². The Morgan fingerprint density at radius 1 is 1.30 bits per heavy atom. The molecule has 0 bridgehead atoms. The molecule has 1 amide bonds. The number of piperidine rings is 1. The van der Waals surface area contributed by atoms with Crippen molar-refractivity contribution in [2.45, 2.75) is 40.0 Å². The normalized spacial score (nSPS) is 20.0. The molecule has 20 heavy (non-hydrogen) atoms. The molecular formula is C17H24FNO. The second-order valence-electron chi connectivity index (χ2n) is 6.84. The van der Waals surface area contributed by atoms with E-state index in [1.807, 2.05) is 37.8 Å². The van der Waals surface area contributed by atoms with Gasteiger partial charge in [-0.3, -0.25) is 4.79 Å². The first-order valence-electron chi connectivity index (χ1n) is 7.40. The molecule has 2 nitrogen and oxygen atoms in total. The highest BCUT2D eigenvalue weighted by Gasteiger charge is 2.30. The van der Waals surface area contributed by atoms with Crippen LogP contribution in [0.25, 0.3) is 0 Å². The lowest BCUT2D eigenvalue weighted by atomic mass is 9.88. The van der Waals surface area contributed by atoms with Crippen LogP contribution < -0.4 is 0 Å². The molecule has 1 fully saturated rings. The van der Waals surface area contributed by atoms with Gasteiger partial charge in [0, 0.05) is 18.5 Å². The summed E-state index contributed by atoms with van der Waals surface area (Å²) in [6.07, 6.45) is 3.13. The number of halogens is 1. The molecule has 1 aliphatic rings. The van der Waals surface area contributed by atoms with Crippen molar-refractivity contribution in [1.29, 1.82) is 0 Å². The van der Waals surface area contributed by atoms with Crippen LogP contribution in [0.3, 0.4) is 0 Å². The minimum atomic E-state index is -0.308. The van der Waals surface area contributed by atoms with Crippen LogP contribution in [-0.4, -0.2) is 23.9 Å². The molecule has 0 saturated carbocycles. The van der Waals surface area contributed by atoms with Gasteiger partial charge in [-0.15, -0.1) is 0 Å². The van der Waals surface area contributed by atoms with Crippen LogP contribution >= 0.6 is 0 Å². The number of nitrogens with zero attached hydrogens (tertiary/aromatic N) is 1. The van der Waals surface area contributed by atoms with Crippen LogP contribution in [0.15, 0.2) is 24.3 Å². The lowest BCUT2D eigenvalue weighted by molar-refractivity contribution is -0.141. The summed E-state index contributed by atoms with van der Waals surface area (Å²) >= 11 is 0. The Hall–Kier alpha value is -1.38. The number of carbonyl (C=O) groups is 1. The van der Waals surface area contributed by atoms with Gasteiger partial charge in [0.15, 0.2) is 0 Å². The van der Waals surface area contributed by atoms with Gasteiger partial charge in [0.25, 0.3) is 0 Å². The minimum Gasteiger partial charge on any atom is -0.342 e. The molecule has 1 atom stereocenters. The lowest BCUT2D eigenvalue weighted by Crippen LogP contribution is -2.45. The van der Waals surface area contributed by atoms with Gasteiger partial charge in [-0.25, -0.2) is 4.39 Å². The number of hydrogen-bond acceptors (Lipinski definition) is 1. The van der Waals surface area contributed by atoms with E-state index in [1.165, 1.54) is 12.1 Å². The topological polar surface area (TPSA) is 20.3 Å². The first kappa shape index (κ1) is 15.0. The molecule has 3 heteroatoms. The van der Waals surface area contributed by atoms with Crippen LogP contribution in [0, 0.1) is 17.2 Å². The second-order valence-corrected chi connectivity index (χ2v) is 6.84. The van der Waals surface area contributed by atoms with Gasteiger partial charge in [0.05, 0.1) is 0 Å². The van der Waals surface area contributed by atoms with Crippen molar-refractivity contribution in [3.8, 4) is 0 Å². The lowest BCUT2D eigenvalue weighted by Gasteiger charge is -2.36. The zero-order chi connectivity index (χ0) is 14.8. The van der Waals surface area contributed by atoms with Gasteiger partial charge < -0.3 is 4.90 Å². The Morgan fingerprint density at radius 2 is 1.95 bits per heavy atom. The molecule has 1 aromatic carbocycles. The van der Waals surface area contributed by atoms with Gasteiger partial charge in [0.1, 0.15) is 5.82 Å². The van der Waals surface area contributed by atoms with E-state index in [-0.39, 0.29) is 17.1 Å². The maximum atomic E-state index is 12.9. The predicted molar refractivity (Wildman–Crippen MR) is 78.9 cm³/mol. The monoisotopic (exact) mass is 277 g/mol. The third-order valence-electron chi connectivity index (χ3n) is 3.89. The maximum absolute atomic E-state index is 12.9. The quantitative estimate of drug-likeness (QED) is 0.808. The number of likely N-dealkylation sites (tertiary alicyclic amines) is 1. The molecule has 0 aromatic heterocycles. The molecule has 110 valence electrons. The van der Waals surface area contributed by atoms with Gasteiger partial charge in [-0.05, 0) is 42.9 Å². The molecule has 1 saturated heterocycles. The van der Waals surface area contributed by atoms with Crippen molar-refractivity contribution in [2.24, 2.45) is 11.3 Å². The highest BCUT2D eigenvalue weighted by molar-refractivity contribution is 5.81. The Balaban J connectivity index is 1.97. The fourth-order valence-electron chi connectivity index (χ4n) is 2.84. The number of benzene rings is 1. The molecule has 0 radical (unpaired) electrons. The summed E-state index contributed by atoms with van der Waals surface area (Å²) in [5, 5.41) is 0. The molecule has 1 aromatic rings. The largest absolute Gasteiger partial charge is 0.342 e.